The van der Waals surface area contributed by atoms with E-state index in [4.69, 9.17) is 4.74 Å². The number of likely N-dealkylation sites (N-methyl/N-ethyl adjacent to an activating group) is 1. The summed E-state index contributed by atoms with van der Waals surface area (Å²) >= 11 is 0. The molecule has 0 bridgehead atoms. The molecule has 0 aliphatic carbocycles. The summed E-state index contributed by atoms with van der Waals surface area (Å²) in [6, 6.07) is 16.9. The van der Waals surface area contributed by atoms with Crippen molar-refractivity contribution in [3.05, 3.63) is 77.6 Å². The van der Waals surface area contributed by atoms with Crippen molar-refractivity contribution in [3.8, 4) is 11.5 Å². The molecule has 2 aliphatic heterocycles. The van der Waals surface area contributed by atoms with Crippen LogP contribution in [0.4, 0.5) is 16.2 Å². The van der Waals surface area contributed by atoms with E-state index in [0.717, 1.165) is 56.1 Å². The molecule has 3 amide bonds. The molecule has 0 atom stereocenters. The van der Waals surface area contributed by atoms with Crippen LogP contribution in [0.3, 0.4) is 0 Å². The normalized spacial score (nSPS) is 15.8. The van der Waals surface area contributed by atoms with E-state index in [9.17, 15) is 9.59 Å². The van der Waals surface area contributed by atoms with Crippen LogP contribution in [0.2, 0.25) is 0 Å². The first-order chi connectivity index (χ1) is 18.0. The minimum atomic E-state index is -0.272. The van der Waals surface area contributed by atoms with Crippen LogP contribution >= 0.6 is 0 Å². The number of benzene rings is 2. The van der Waals surface area contributed by atoms with E-state index in [-0.39, 0.29) is 17.6 Å². The number of urea groups is 1. The van der Waals surface area contributed by atoms with Gasteiger partial charge in [-0.2, -0.15) is 0 Å². The number of piperazine rings is 1. The summed E-state index contributed by atoms with van der Waals surface area (Å²) in [6.45, 7) is 5.88. The van der Waals surface area contributed by atoms with Crippen LogP contribution in [0.25, 0.3) is 0 Å². The summed E-state index contributed by atoms with van der Waals surface area (Å²) in [7, 11) is 3.72. The fourth-order valence-electron chi connectivity index (χ4n) is 4.66. The molecule has 3 aromatic rings. The number of carbonyl (C=O) groups excluding carboxylic acids is 2. The third-order valence-corrected chi connectivity index (χ3v) is 6.83. The number of nitrogens with zero attached hydrogens (tertiary/aromatic N) is 4. The second kappa shape index (κ2) is 11.0. The van der Waals surface area contributed by atoms with Gasteiger partial charge < -0.3 is 20.3 Å². The molecule has 0 saturated carbocycles. The highest BCUT2D eigenvalue weighted by Crippen LogP contribution is 2.33. The first-order valence-corrected chi connectivity index (χ1v) is 12.6. The van der Waals surface area contributed by atoms with Crippen LogP contribution in [-0.4, -0.2) is 73.5 Å². The lowest BCUT2D eigenvalue weighted by Gasteiger charge is -2.32. The van der Waals surface area contributed by atoms with Gasteiger partial charge in [0.25, 0.3) is 5.91 Å². The largest absolute Gasteiger partial charge is 0.457 e. The number of rotatable bonds is 6. The second-order valence-electron chi connectivity index (χ2n) is 9.46. The summed E-state index contributed by atoms with van der Waals surface area (Å²) in [6.07, 6.45) is 2.28. The Labute approximate surface area is 217 Å². The lowest BCUT2D eigenvalue weighted by Crippen LogP contribution is -2.43. The second-order valence-corrected chi connectivity index (χ2v) is 9.46. The third-order valence-electron chi connectivity index (χ3n) is 6.83. The molecule has 2 aromatic carbocycles. The smallest absolute Gasteiger partial charge is 0.326 e. The molecule has 1 fully saturated rings. The Morgan fingerprint density at radius 1 is 0.946 bits per heavy atom. The quantitative estimate of drug-likeness (QED) is 0.538. The number of anilines is 2. The van der Waals surface area contributed by atoms with Crippen molar-refractivity contribution in [1.82, 2.24) is 20.1 Å². The number of nitrogens with one attached hydrogen (secondary N) is 2. The summed E-state index contributed by atoms with van der Waals surface area (Å²) in [5.41, 5.74) is 4.23. The lowest BCUT2D eigenvalue weighted by atomic mass is 10.1. The van der Waals surface area contributed by atoms with Gasteiger partial charge in [-0.15, -0.1) is 0 Å². The van der Waals surface area contributed by atoms with Gasteiger partial charge in [0.1, 0.15) is 17.2 Å². The summed E-state index contributed by atoms with van der Waals surface area (Å²) in [4.78, 5) is 35.5. The summed E-state index contributed by atoms with van der Waals surface area (Å²) in [5, 5.41) is 5.58. The number of ether oxygens (including phenoxy) is 1. The fourth-order valence-corrected chi connectivity index (χ4v) is 4.66. The van der Waals surface area contributed by atoms with Gasteiger partial charge in [-0.3, -0.25) is 19.6 Å². The predicted octanol–water partition coefficient (Wildman–Crippen LogP) is 3.58. The molecule has 9 nitrogen and oxygen atoms in total. The zero-order chi connectivity index (χ0) is 25.8. The standard InChI is InChI=1S/C28H32N6O3/c1-29-27(35)25-18-24(9-11-30-25)37-23-7-8-26-21(17-23)10-12-34(26)28(36)31-22-5-3-20(4-6-22)19-33-15-13-32(2)14-16-33/h3-9,11,17-18H,10,12-16,19H2,1-2H3,(H,29,35)(H,31,36). The molecule has 37 heavy (non-hydrogen) atoms. The lowest BCUT2D eigenvalue weighted by molar-refractivity contribution is 0.0958. The van der Waals surface area contributed by atoms with Crippen LogP contribution in [0.15, 0.2) is 60.8 Å². The van der Waals surface area contributed by atoms with Gasteiger partial charge in [-0.25, -0.2) is 4.79 Å². The van der Waals surface area contributed by atoms with E-state index < -0.39 is 0 Å². The van der Waals surface area contributed by atoms with E-state index >= 15 is 0 Å². The van der Waals surface area contributed by atoms with Gasteiger partial charge in [-0.1, -0.05) is 12.1 Å². The Kier molecular flexibility index (Phi) is 7.34. The molecule has 5 rings (SSSR count). The SMILES string of the molecule is CNC(=O)c1cc(Oc2ccc3c(c2)CCN3C(=O)Nc2ccc(CN3CCN(C)CC3)cc2)ccn1. The number of hydrogen-bond acceptors (Lipinski definition) is 6. The van der Waals surface area contributed by atoms with E-state index in [2.05, 4.69) is 44.6 Å². The molecule has 2 aliphatic rings. The molecule has 0 radical (unpaired) electrons. The average Bonchev–Trinajstić information content (AvgIpc) is 3.34. The molecule has 2 N–H and O–H groups in total. The third kappa shape index (κ3) is 5.90. The molecule has 1 aromatic heterocycles. The molecular formula is C28H32N6O3. The van der Waals surface area contributed by atoms with Gasteiger partial charge in [0.2, 0.25) is 0 Å². The van der Waals surface area contributed by atoms with E-state index in [1.807, 2.05) is 30.3 Å². The Morgan fingerprint density at radius 2 is 1.70 bits per heavy atom. The molecule has 9 heteroatoms. The average molecular weight is 501 g/mol. The minimum Gasteiger partial charge on any atom is -0.457 e. The van der Waals surface area contributed by atoms with Crippen molar-refractivity contribution in [2.75, 3.05) is 57.0 Å². The van der Waals surface area contributed by atoms with E-state index in [0.29, 0.717) is 18.0 Å². The van der Waals surface area contributed by atoms with Crippen LogP contribution < -0.4 is 20.3 Å². The number of pyridine rings is 1. The number of aromatic nitrogens is 1. The van der Waals surface area contributed by atoms with Crippen molar-refractivity contribution in [2.24, 2.45) is 0 Å². The monoisotopic (exact) mass is 500 g/mol. The van der Waals surface area contributed by atoms with Crippen molar-refractivity contribution < 1.29 is 14.3 Å². The topological polar surface area (TPSA) is 90.0 Å². The zero-order valence-corrected chi connectivity index (χ0v) is 21.2. The van der Waals surface area contributed by atoms with Crippen molar-refractivity contribution >= 4 is 23.3 Å². The highest BCUT2D eigenvalue weighted by atomic mass is 16.5. The predicted molar refractivity (Wildman–Crippen MR) is 143 cm³/mol. The van der Waals surface area contributed by atoms with Crippen LogP contribution in [0.5, 0.6) is 11.5 Å². The highest BCUT2D eigenvalue weighted by Gasteiger charge is 2.25. The fraction of sp³-hybridized carbons (Fsp3) is 0.321. The van der Waals surface area contributed by atoms with E-state index in [1.54, 1.807) is 24.1 Å². The van der Waals surface area contributed by atoms with Gasteiger partial charge in [0, 0.05) is 70.0 Å². The van der Waals surface area contributed by atoms with Crippen molar-refractivity contribution in [1.29, 1.82) is 0 Å². The number of amides is 3. The molecule has 192 valence electrons. The molecule has 3 heterocycles. The Bertz CT molecular complexity index is 1270. The van der Waals surface area contributed by atoms with Gasteiger partial charge in [0.05, 0.1) is 0 Å². The Morgan fingerprint density at radius 3 is 2.46 bits per heavy atom. The maximum absolute atomic E-state index is 13.0. The number of fused-ring (bicyclic) bond motifs is 1. The Hall–Kier alpha value is -3.95. The molecule has 1 saturated heterocycles. The number of hydrogen-bond donors (Lipinski definition) is 2. The number of carbonyl (C=O) groups is 2. The minimum absolute atomic E-state index is 0.149. The van der Waals surface area contributed by atoms with Crippen LogP contribution in [0.1, 0.15) is 21.6 Å². The van der Waals surface area contributed by atoms with Gasteiger partial charge in [-0.05, 0) is 61.0 Å². The zero-order valence-electron chi connectivity index (χ0n) is 21.2. The van der Waals surface area contributed by atoms with E-state index in [1.165, 1.54) is 11.8 Å². The molecule has 0 spiro atoms. The summed E-state index contributed by atoms with van der Waals surface area (Å²) in [5.74, 6) is 0.897. The first-order valence-electron chi connectivity index (χ1n) is 12.6. The maximum atomic E-state index is 13.0. The van der Waals surface area contributed by atoms with Gasteiger partial charge >= 0.3 is 6.03 Å². The molecule has 0 unspecified atom stereocenters. The summed E-state index contributed by atoms with van der Waals surface area (Å²) < 4.78 is 5.96. The molecular weight excluding hydrogens is 468 g/mol. The Balaban J connectivity index is 1.19. The van der Waals surface area contributed by atoms with Crippen LogP contribution in [-0.2, 0) is 13.0 Å². The van der Waals surface area contributed by atoms with Gasteiger partial charge in [0.15, 0.2) is 0 Å². The maximum Gasteiger partial charge on any atom is 0.326 e. The van der Waals surface area contributed by atoms with Crippen LogP contribution in [0, 0.1) is 0 Å². The first kappa shape index (κ1) is 24.7. The van der Waals surface area contributed by atoms with Crippen molar-refractivity contribution in [3.63, 3.8) is 0 Å². The highest BCUT2D eigenvalue weighted by molar-refractivity contribution is 6.03. The van der Waals surface area contributed by atoms with Crippen molar-refractivity contribution in [2.45, 2.75) is 13.0 Å².